The Hall–Kier alpha value is -2.83. The Morgan fingerprint density at radius 1 is 1.09 bits per heavy atom. The fourth-order valence-electron chi connectivity index (χ4n) is 4.54. The highest BCUT2D eigenvalue weighted by Crippen LogP contribution is 2.31. The first-order chi connectivity index (χ1) is 15.4. The summed E-state index contributed by atoms with van der Waals surface area (Å²) in [5, 5.41) is 3.62. The van der Waals surface area contributed by atoms with Crippen LogP contribution in [0.4, 0.5) is 0 Å². The molecule has 5 rings (SSSR count). The number of amides is 1. The van der Waals surface area contributed by atoms with Crippen LogP contribution in [0.1, 0.15) is 17.5 Å². The fourth-order valence-corrected chi connectivity index (χ4v) is 6.49. The second-order valence-corrected chi connectivity index (χ2v) is 11.0. The Morgan fingerprint density at radius 2 is 1.94 bits per heavy atom. The molecule has 32 heavy (non-hydrogen) atoms. The standard InChI is InChI=1S/C25H22ClNO4S/c26-20-6-3-4-17(12-20)14-27(21-10-11-32(29,30)16-21)24(28)13-19-15-31-23-9-8-18-5-1-2-7-22(18)25(19)23/h1-9,12,15,21H,10-11,13-14,16H2. The van der Waals surface area contributed by atoms with Gasteiger partial charge in [0.05, 0.1) is 24.2 Å². The van der Waals surface area contributed by atoms with Gasteiger partial charge in [-0.3, -0.25) is 4.79 Å². The summed E-state index contributed by atoms with van der Waals surface area (Å²) in [4.78, 5) is 15.2. The Kier molecular flexibility index (Phi) is 5.43. The fraction of sp³-hybridized carbons (Fsp3) is 0.240. The average molecular weight is 468 g/mol. The maximum Gasteiger partial charge on any atom is 0.227 e. The van der Waals surface area contributed by atoms with Crippen LogP contribution in [0, 0.1) is 0 Å². The highest BCUT2D eigenvalue weighted by atomic mass is 35.5. The minimum Gasteiger partial charge on any atom is -0.464 e. The van der Waals surface area contributed by atoms with Gasteiger partial charge in [0.1, 0.15) is 5.58 Å². The summed E-state index contributed by atoms with van der Waals surface area (Å²) >= 11 is 6.14. The number of fused-ring (bicyclic) bond motifs is 3. The lowest BCUT2D eigenvalue weighted by Crippen LogP contribution is -2.41. The molecule has 0 saturated carbocycles. The van der Waals surface area contributed by atoms with Crippen LogP contribution in [0.3, 0.4) is 0 Å². The van der Waals surface area contributed by atoms with Crippen molar-refractivity contribution in [2.75, 3.05) is 11.5 Å². The van der Waals surface area contributed by atoms with E-state index in [1.807, 2.05) is 54.6 Å². The van der Waals surface area contributed by atoms with E-state index in [-0.39, 0.29) is 29.9 Å². The number of hydrogen-bond acceptors (Lipinski definition) is 4. The van der Waals surface area contributed by atoms with Gasteiger partial charge in [-0.1, -0.05) is 54.1 Å². The maximum atomic E-state index is 13.5. The molecule has 1 fully saturated rings. The highest BCUT2D eigenvalue weighted by Gasteiger charge is 2.35. The Balaban J connectivity index is 1.49. The molecule has 1 aliphatic heterocycles. The first-order valence-electron chi connectivity index (χ1n) is 10.5. The zero-order valence-electron chi connectivity index (χ0n) is 17.3. The van der Waals surface area contributed by atoms with Gasteiger partial charge in [0.2, 0.25) is 5.91 Å². The van der Waals surface area contributed by atoms with E-state index in [4.69, 9.17) is 16.0 Å². The molecule has 7 heteroatoms. The second-order valence-electron chi connectivity index (χ2n) is 8.31. The monoisotopic (exact) mass is 467 g/mol. The largest absolute Gasteiger partial charge is 0.464 e. The van der Waals surface area contributed by atoms with Gasteiger partial charge in [0.15, 0.2) is 9.84 Å². The molecule has 1 amide bonds. The molecule has 1 unspecified atom stereocenters. The van der Waals surface area contributed by atoms with E-state index in [9.17, 15) is 13.2 Å². The van der Waals surface area contributed by atoms with E-state index in [0.717, 1.165) is 32.9 Å². The molecule has 0 bridgehead atoms. The van der Waals surface area contributed by atoms with Gasteiger partial charge >= 0.3 is 0 Å². The van der Waals surface area contributed by atoms with Crippen molar-refractivity contribution in [2.45, 2.75) is 25.4 Å². The number of hydrogen-bond donors (Lipinski definition) is 0. The first-order valence-corrected chi connectivity index (χ1v) is 12.7. The van der Waals surface area contributed by atoms with Gasteiger partial charge in [-0.15, -0.1) is 0 Å². The van der Waals surface area contributed by atoms with Gasteiger partial charge in [-0.05, 0) is 41.0 Å². The van der Waals surface area contributed by atoms with Crippen molar-refractivity contribution in [2.24, 2.45) is 0 Å². The molecule has 0 aliphatic carbocycles. The summed E-state index contributed by atoms with van der Waals surface area (Å²) in [7, 11) is -3.14. The molecule has 164 valence electrons. The Bertz CT molecular complexity index is 1430. The number of sulfone groups is 1. The third kappa shape index (κ3) is 4.12. The van der Waals surface area contributed by atoms with Gasteiger partial charge in [-0.25, -0.2) is 8.42 Å². The predicted octanol–water partition coefficient (Wildman–Crippen LogP) is 5.00. The smallest absolute Gasteiger partial charge is 0.227 e. The van der Waals surface area contributed by atoms with Crippen molar-refractivity contribution in [1.29, 1.82) is 0 Å². The number of carbonyl (C=O) groups is 1. The molecule has 5 nitrogen and oxygen atoms in total. The SMILES string of the molecule is O=C(Cc1coc2ccc3ccccc3c12)N(Cc1cccc(Cl)c1)C1CCS(=O)(=O)C1. The molecule has 1 atom stereocenters. The van der Waals surface area contributed by atoms with Crippen LogP contribution >= 0.6 is 11.6 Å². The third-order valence-electron chi connectivity index (χ3n) is 6.09. The molecule has 4 aromatic rings. The molecular weight excluding hydrogens is 446 g/mol. The van der Waals surface area contributed by atoms with Crippen LogP contribution in [-0.2, 0) is 27.6 Å². The molecule has 0 spiro atoms. The number of nitrogens with zero attached hydrogens (tertiary/aromatic N) is 1. The topological polar surface area (TPSA) is 67.6 Å². The van der Waals surface area contributed by atoms with Crippen LogP contribution in [0.25, 0.3) is 21.7 Å². The van der Waals surface area contributed by atoms with Crippen molar-refractivity contribution in [3.63, 3.8) is 0 Å². The number of rotatable bonds is 5. The number of carbonyl (C=O) groups excluding carboxylic acids is 1. The molecule has 1 aliphatic rings. The van der Waals surface area contributed by atoms with Crippen LogP contribution in [0.5, 0.6) is 0 Å². The van der Waals surface area contributed by atoms with E-state index in [2.05, 4.69) is 0 Å². The van der Waals surface area contributed by atoms with Crippen molar-refractivity contribution >= 4 is 49.1 Å². The van der Waals surface area contributed by atoms with Crippen LogP contribution < -0.4 is 0 Å². The highest BCUT2D eigenvalue weighted by molar-refractivity contribution is 7.91. The number of halogens is 1. The summed E-state index contributed by atoms with van der Waals surface area (Å²) < 4.78 is 30.0. The number of benzene rings is 3. The molecule has 0 radical (unpaired) electrons. The summed E-state index contributed by atoms with van der Waals surface area (Å²) in [5.41, 5.74) is 2.41. The lowest BCUT2D eigenvalue weighted by atomic mass is 10.0. The Morgan fingerprint density at radius 3 is 2.72 bits per heavy atom. The lowest BCUT2D eigenvalue weighted by Gasteiger charge is -2.28. The Labute approximate surface area is 191 Å². The first kappa shape index (κ1) is 21.0. The molecule has 1 aromatic heterocycles. The van der Waals surface area contributed by atoms with E-state index in [0.29, 0.717) is 18.0 Å². The zero-order chi connectivity index (χ0) is 22.3. The van der Waals surface area contributed by atoms with Crippen molar-refractivity contribution < 1.29 is 17.6 Å². The molecule has 1 saturated heterocycles. The molecule has 0 N–H and O–H groups in total. The minimum absolute atomic E-state index is 0.00558. The van der Waals surface area contributed by atoms with E-state index >= 15 is 0 Å². The lowest BCUT2D eigenvalue weighted by molar-refractivity contribution is -0.133. The summed E-state index contributed by atoms with van der Waals surface area (Å²) in [5.74, 6) is -0.0207. The van der Waals surface area contributed by atoms with Gasteiger partial charge in [0.25, 0.3) is 0 Å². The minimum atomic E-state index is -3.14. The van der Waals surface area contributed by atoms with E-state index in [1.54, 1.807) is 17.2 Å². The van der Waals surface area contributed by atoms with Gasteiger partial charge in [0, 0.05) is 28.6 Å². The molecular formula is C25H22ClNO4S. The van der Waals surface area contributed by atoms with Crippen molar-refractivity contribution in [1.82, 2.24) is 4.90 Å². The average Bonchev–Trinajstić information content (AvgIpc) is 3.35. The second kappa shape index (κ2) is 8.26. The zero-order valence-corrected chi connectivity index (χ0v) is 18.9. The van der Waals surface area contributed by atoms with E-state index < -0.39 is 9.84 Å². The van der Waals surface area contributed by atoms with Gasteiger partial charge in [-0.2, -0.15) is 0 Å². The van der Waals surface area contributed by atoms with Crippen LogP contribution in [0.15, 0.2) is 71.3 Å². The van der Waals surface area contributed by atoms with Crippen LogP contribution in [0.2, 0.25) is 5.02 Å². The summed E-state index contributed by atoms with van der Waals surface area (Å²) in [6.07, 6.45) is 2.22. The normalized spacial score (nSPS) is 17.7. The van der Waals surface area contributed by atoms with Crippen LogP contribution in [-0.4, -0.2) is 36.8 Å². The third-order valence-corrected chi connectivity index (χ3v) is 8.08. The van der Waals surface area contributed by atoms with Crippen molar-refractivity contribution in [3.8, 4) is 0 Å². The molecule has 3 aromatic carbocycles. The predicted molar refractivity (Wildman–Crippen MR) is 126 cm³/mol. The number of furan rings is 1. The molecule has 2 heterocycles. The summed E-state index contributed by atoms with van der Waals surface area (Å²) in [6.45, 7) is 0.316. The maximum absolute atomic E-state index is 13.5. The van der Waals surface area contributed by atoms with Gasteiger partial charge < -0.3 is 9.32 Å². The summed E-state index contributed by atoms with van der Waals surface area (Å²) in [6, 6.07) is 18.9. The van der Waals surface area contributed by atoms with Crippen molar-refractivity contribution in [3.05, 3.63) is 83.1 Å². The quantitative estimate of drug-likeness (QED) is 0.414. The van der Waals surface area contributed by atoms with E-state index in [1.165, 1.54) is 0 Å².